The maximum Gasteiger partial charge on any atom is -0.0351 e. The molecule has 0 rings (SSSR count). The molecule has 0 unspecified atom stereocenters. The molecule has 22 heavy (non-hydrogen) atoms. The van der Waals surface area contributed by atoms with Crippen LogP contribution >= 0.6 is 0 Å². The van der Waals surface area contributed by atoms with Crippen LogP contribution in [0.5, 0.6) is 0 Å². The molecule has 0 aromatic heterocycles. The topological polar surface area (TPSA) is 0 Å². The number of hydrogen-bond donors (Lipinski definition) is 0. The molecule has 0 aromatic carbocycles. The van der Waals surface area contributed by atoms with Crippen LogP contribution in [0.1, 0.15) is 122 Å². The van der Waals surface area contributed by atoms with E-state index < -0.39 is 0 Å². The number of unbranched alkanes of at least 4 members (excludes halogenated alkanes) is 16. The average Bonchev–Trinajstić information content (AvgIpc) is 2.54. The van der Waals surface area contributed by atoms with E-state index in [-0.39, 0.29) is 0 Å². The second kappa shape index (κ2) is 20.7. The van der Waals surface area contributed by atoms with Gasteiger partial charge in [-0.15, -0.1) is 0 Å². The van der Waals surface area contributed by atoms with Crippen molar-refractivity contribution in [1.29, 1.82) is 0 Å². The van der Waals surface area contributed by atoms with Gasteiger partial charge in [-0.1, -0.05) is 116 Å². The first-order chi connectivity index (χ1) is 10.9. The quantitative estimate of drug-likeness (QED) is 0.176. The Kier molecular flexibility index (Phi) is 20.5. The van der Waals surface area contributed by atoms with Gasteiger partial charge in [0.15, 0.2) is 0 Å². The van der Waals surface area contributed by atoms with Crippen molar-refractivity contribution in [3.8, 4) is 0 Å². The average molecular weight is 308 g/mol. The highest BCUT2D eigenvalue weighted by Gasteiger charge is 1.93. The highest BCUT2D eigenvalue weighted by molar-refractivity contribution is 4.81. The summed E-state index contributed by atoms with van der Waals surface area (Å²) in [4.78, 5) is 0. The molecule has 0 aliphatic rings. The Morgan fingerprint density at radius 1 is 0.500 bits per heavy atom. The molecular weight excluding hydrogens is 264 g/mol. The van der Waals surface area contributed by atoms with Crippen molar-refractivity contribution in [2.45, 2.75) is 122 Å². The Bertz CT molecular complexity index is 204. The first-order valence-corrected chi connectivity index (χ1v) is 10.4. The second-order valence-corrected chi connectivity index (χ2v) is 6.85. The molecule has 0 nitrogen and oxygen atoms in total. The number of allylic oxidation sites excluding steroid dienone is 2. The number of hydrogen-bond acceptors (Lipinski definition) is 0. The predicted octanol–water partition coefficient (Wildman–Crippen LogP) is 8.42. The third-order valence-corrected chi connectivity index (χ3v) is 4.51. The van der Waals surface area contributed by atoms with E-state index in [1.54, 1.807) is 0 Å². The Labute approximate surface area is 142 Å². The Balaban J connectivity index is 3.00. The lowest BCUT2D eigenvalue weighted by atomic mass is 10.0. The first-order valence-electron chi connectivity index (χ1n) is 10.4. The van der Waals surface area contributed by atoms with Gasteiger partial charge in [0.2, 0.25) is 0 Å². The summed E-state index contributed by atoms with van der Waals surface area (Å²) in [7, 11) is 0. The number of rotatable bonds is 18. The SMILES string of the molecule is [CH2]CCCCCCCCCCCCCC=CCCCCCC. The molecule has 0 saturated carbocycles. The van der Waals surface area contributed by atoms with Crippen LogP contribution < -0.4 is 0 Å². The van der Waals surface area contributed by atoms with Crippen LogP contribution in [0.15, 0.2) is 12.2 Å². The van der Waals surface area contributed by atoms with Crippen molar-refractivity contribution in [3.63, 3.8) is 0 Å². The summed E-state index contributed by atoms with van der Waals surface area (Å²) >= 11 is 0. The summed E-state index contributed by atoms with van der Waals surface area (Å²) in [5.74, 6) is 0. The maximum atomic E-state index is 3.90. The highest BCUT2D eigenvalue weighted by Crippen LogP contribution is 2.12. The molecule has 1 radical (unpaired) electrons. The predicted molar refractivity (Wildman–Crippen MR) is 103 cm³/mol. The molecule has 0 aromatic rings. The fourth-order valence-electron chi connectivity index (χ4n) is 2.95. The van der Waals surface area contributed by atoms with Gasteiger partial charge in [-0.25, -0.2) is 0 Å². The van der Waals surface area contributed by atoms with Crippen LogP contribution in [0, 0.1) is 6.92 Å². The van der Waals surface area contributed by atoms with Crippen molar-refractivity contribution in [2.24, 2.45) is 0 Å². The Morgan fingerprint density at radius 2 is 0.864 bits per heavy atom. The monoisotopic (exact) mass is 307 g/mol. The minimum absolute atomic E-state index is 1.12. The first kappa shape index (κ1) is 21.7. The summed E-state index contributed by atoms with van der Waals surface area (Å²) in [5.41, 5.74) is 0. The third-order valence-electron chi connectivity index (χ3n) is 4.51. The molecule has 131 valence electrons. The van der Waals surface area contributed by atoms with Gasteiger partial charge in [0.1, 0.15) is 0 Å². The van der Waals surface area contributed by atoms with Crippen LogP contribution in [-0.4, -0.2) is 0 Å². The summed E-state index contributed by atoms with van der Waals surface area (Å²) in [6.07, 6.45) is 29.8. The lowest BCUT2D eigenvalue weighted by molar-refractivity contribution is 0.547. The molecule has 0 aliphatic heterocycles. The van der Waals surface area contributed by atoms with E-state index in [0.29, 0.717) is 0 Å². The van der Waals surface area contributed by atoms with Gasteiger partial charge < -0.3 is 0 Å². The zero-order valence-corrected chi connectivity index (χ0v) is 15.6. The zero-order valence-electron chi connectivity index (χ0n) is 15.6. The minimum atomic E-state index is 1.12. The van der Waals surface area contributed by atoms with E-state index in [9.17, 15) is 0 Å². The molecule has 0 heterocycles. The maximum absolute atomic E-state index is 3.90. The lowest BCUT2D eigenvalue weighted by Crippen LogP contribution is -1.82. The fraction of sp³-hybridized carbons (Fsp3) is 0.864. The van der Waals surface area contributed by atoms with E-state index in [4.69, 9.17) is 0 Å². The van der Waals surface area contributed by atoms with Crippen LogP contribution in [-0.2, 0) is 0 Å². The van der Waals surface area contributed by atoms with Gasteiger partial charge in [0.05, 0.1) is 0 Å². The molecule has 0 aliphatic carbocycles. The molecular formula is C22H43. The van der Waals surface area contributed by atoms with Crippen molar-refractivity contribution in [1.82, 2.24) is 0 Å². The highest BCUT2D eigenvalue weighted by atomic mass is 14.0. The molecule has 0 heteroatoms. The minimum Gasteiger partial charge on any atom is -0.0885 e. The van der Waals surface area contributed by atoms with Gasteiger partial charge in [0.25, 0.3) is 0 Å². The van der Waals surface area contributed by atoms with E-state index in [1.807, 2.05) is 0 Å². The molecule has 0 amide bonds. The van der Waals surface area contributed by atoms with Crippen LogP contribution in [0.3, 0.4) is 0 Å². The van der Waals surface area contributed by atoms with Gasteiger partial charge in [-0.3, -0.25) is 0 Å². The van der Waals surface area contributed by atoms with Crippen LogP contribution in [0.2, 0.25) is 0 Å². The molecule has 0 atom stereocenters. The van der Waals surface area contributed by atoms with Crippen molar-refractivity contribution in [2.75, 3.05) is 0 Å². The van der Waals surface area contributed by atoms with Gasteiger partial charge >= 0.3 is 0 Å². The van der Waals surface area contributed by atoms with Crippen LogP contribution in [0.25, 0.3) is 0 Å². The normalized spacial score (nSPS) is 11.5. The smallest absolute Gasteiger partial charge is 0.0351 e. The van der Waals surface area contributed by atoms with Crippen molar-refractivity contribution in [3.05, 3.63) is 19.1 Å². The summed E-state index contributed by atoms with van der Waals surface area (Å²) in [6.45, 7) is 6.17. The second-order valence-electron chi connectivity index (χ2n) is 6.85. The largest absolute Gasteiger partial charge is 0.0885 e. The Morgan fingerprint density at radius 3 is 1.27 bits per heavy atom. The summed E-state index contributed by atoms with van der Waals surface area (Å²) in [5, 5.41) is 0. The van der Waals surface area contributed by atoms with E-state index in [1.165, 1.54) is 109 Å². The summed E-state index contributed by atoms with van der Waals surface area (Å²) in [6, 6.07) is 0. The fourth-order valence-corrected chi connectivity index (χ4v) is 2.95. The van der Waals surface area contributed by atoms with Gasteiger partial charge in [0, 0.05) is 0 Å². The molecule has 0 saturated heterocycles. The zero-order chi connectivity index (χ0) is 16.1. The van der Waals surface area contributed by atoms with Gasteiger partial charge in [-0.05, 0) is 25.7 Å². The lowest BCUT2D eigenvalue weighted by Gasteiger charge is -2.02. The Hall–Kier alpha value is -0.260. The van der Waals surface area contributed by atoms with Gasteiger partial charge in [-0.2, -0.15) is 0 Å². The van der Waals surface area contributed by atoms with Crippen molar-refractivity contribution < 1.29 is 0 Å². The van der Waals surface area contributed by atoms with Crippen molar-refractivity contribution >= 4 is 0 Å². The van der Waals surface area contributed by atoms with Crippen LogP contribution in [0.4, 0.5) is 0 Å². The van der Waals surface area contributed by atoms with E-state index in [0.717, 1.165) is 6.42 Å². The molecule has 0 spiro atoms. The summed E-state index contributed by atoms with van der Waals surface area (Å²) < 4.78 is 0. The third kappa shape index (κ3) is 19.7. The standard InChI is InChI=1S/C22H43/c1-3-5-7-9-11-13-15-17-19-21-22-20-18-16-14-12-10-8-6-4-2/h14,16H,1,3-13,15,17-22H2,2H3. The van der Waals surface area contributed by atoms with E-state index in [2.05, 4.69) is 26.0 Å². The molecule has 0 bridgehead atoms. The van der Waals surface area contributed by atoms with E-state index >= 15 is 0 Å². The molecule has 0 N–H and O–H groups in total. The molecule has 0 fully saturated rings.